The number of Topliss-reactive ketones (excluding diaryl/α,β-unsaturated/α-hetero) is 1. The number of hydrogen-bond donors (Lipinski definition) is 5. The van der Waals surface area contributed by atoms with Gasteiger partial charge >= 0.3 is 11.9 Å². The van der Waals surface area contributed by atoms with Crippen LogP contribution < -0.4 is 16.4 Å². The van der Waals surface area contributed by atoms with Gasteiger partial charge in [-0.25, -0.2) is 10.7 Å². The molecule has 1 aromatic heterocycles. The Balaban J connectivity index is 1.86. The monoisotopic (exact) mass is 722 g/mol. The summed E-state index contributed by atoms with van der Waals surface area (Å²) in [5.41, 5.74) is 8.66. The summed E-state index contributed by atoms with van der Waals surface area (Å²) in [5.74, 6) is -3.29. The van der Waals surface area contributed by atoms with Crippen LogP contribution in [0, 0.1) is 5.92 Å². The van der Waals surface area contributed by atoms with Crippen LogP contribution >= 0.6 is 0 Å². The summed E-state index contributed by atoms with van der Waals surface area (Å²) < 4.78 is 10.8. The number of aliphatic carboxylic acids is 2. The van der Waals surface area contributed by atoms with E-state index in [0.717, 1.165) is 38.5 Å². The van der Waals surface area contributed by atoms with Crippen molar-refractivity contribution in [2.75, 3.05) is 39.5 Å². The number of carboxylic acid groups (broad SMARTS) is 2. The lowest BCUT2D eigenvalue weighted by Crippen LogP contribution is -2.30. The second-order valence-corrected chi connectivity index (χ2v) is 13.2. The first kappa shape index (κ1) is 45.7. The van der Waals surface area contributed by atoms with Crippen LogP contribution in [0.15, 0.2) is 12.5 Å². The number of carboxylic acids is 2. The highest BCUT2D eigenvalue weighted by Gasteiger charge is 2.25. The van der Waals surface area contributed by atoms with E-state index >= 15 is 0 Å². The zero-order valence-corrected chi connectivity index (χ0v) is 30.6. The van der Waals surface area contributed by atoms with Crippen molar-refractivity contribution >= 4 is 29.5 Å². The number of carbonyl (C=O) groups is 5. The number of unbranched alkanes of at least 4 members (excludes halogenated alkanes) is 14. The second-order valence-electron chi connectivity index (χ2n) is 13.2. The van der Waals surface area contributed by atoms with Gasteiger partial charge in [-0.3, -0.25) is 24.0 Å². The van der Waals surface area contributed by atoms with E-state index in [1.54, 1.807) is 0 Å². The molecular weight excluding hydrogens is 658 g/mol. The molecule has 1 heterocycles. The van der Waals surface area contributed by atoms with E-state index in [2.05, 4.69) is 20.6 Å². The van der Waals surface area contributed by atoms with Crippen molar-refractivity contribution in [3.05, 3.63) is 18.2 Å². The zero-order chi connectivity index (χ0) is 37.4. The van der Waals surface area contributed by atoms with Gasteiger partial charge in [-0.15, -0.1) is 0 Å². The number of nitrogens with zero attached hydrogens (tertiary/aromatic N) is 1. The zero-order valence-electron chi connectivity index (χ0n) is 30.6. The lowest BCUT2D eigenvalue weighted by atomic mass is 9.92. The quantitative estimate of drug-likeness (QED) is 0.0582. The van der Waals surface area contributed by atoms with Gasteiger partial charge in [0.05, 0.1) is 38.1 Å². The molecule has 2 atom stereocenters. The molecule has 1 rings (SSSR count). The summed E-state index contributed by atoms with van der Waals surface area (Å²) in [4.78, 5) is 65.1. The molecule has 0 saturated heterocycles. The summed E-state index contributed by atoms with van der Waals surface area (Å²) in [6.45, 7) is 1.58. The Bertz CT molecular complexity index is 1070. The Labute approximate surface area is 303 Å². The van der Waals surface area contributed by atoms with Gasteiger partial charge in [0.2, 0.25) is 11.8 Å². The Morgan fingerprint density at radius 2 is 1.27 bits per heavy atom. The van der Waals surface area contributed by atoms with E-state index in [1.165, 1.54) is 63.9 Å². The van der Waals surface area contributed by atoms with Crippen LogP contribution in [0.3, 0.4) is 0 Å². The van der Waals surface area contributed by atoms with Crippen LogP contribution in [-0.2, 0) is 39.9 Å². The minimum Gasteiger partial charge on any atom is -0.481 e. The molecule has 0 bridgehead atoms. The van der Waals surface area contributed by atoms with Crippen molar-refractivity contribution in [1.29, 1.82) is 0 Å². The molecule has 14 heteroatoms. The Kier molecular flexibility index (Phi) is 28.1. The maximum Gasteiger partial charge on any atom is 0.306 e. The normalized spacial score (nSPS) is 12.3. The van der Waals surface area contributed by atoms with E-state index in [1.807, 2.05) is 0 Å². The van der Waals surface area contributed by atoms with Crippen LogP contribution in [0.1, 0.15) is 134 Å². The molecule has 1 radical (unpaired) electrons. The van der Waals surface area contributed by atoms with Crippen molar-refractivity contribution in [2.45, 2.75) is 141 Å². The molecule has 0 aliphatic heterocycles. The third-order valence-corrected chi connectivity index (χ3v) is 8.68. The summed E-state index contributed by atoms with van der Waals surface area (Å²) in [6, 6.07) is -1.04. The van der Waals surface area contributed by atoms with Gasteiger partial charge in [-0.1, -0.05) is 83.5 Å². The van der Waals surface area contributed by atoms with E-state index < -0.39 is 29.7 Å². The number of ether oxygens (including phenoxy) is 2. The maximum atomic E-state index is 12.3. The van der Waals surface area contributed by atoms with Gasteiger partial charge in [0.25, 0.3) is 0 Å². The molecule has 291 valence electrons. The molecular formula is C37H64N5O9. The number of hydrogen-bond acceptors (Lipinski definition) is 8. The molecule has 0 spiro atoms. The van der Waals surface area contributed by atoms with E-state index in [9.17, 15) is 29.1 Å². The number of rotatable bonds is 36. The van der Waals surface area contributed by atoms with Crippen LogP contribution in [-0.4, -0.2) is 95.3 Å². The molecule has 1 aromatic rings. The van der Waals surface area contributed by atoms with Crippen LogP contribution in [0.25, 0.3) is 0 Å². The first-order chi connectivity index (χ1) is 24.7. The largest absolute Gasteiger partial charge is 0.481 e. The van der Waals surface area contributed by atoms with Crippen molar-refractivity contribution in [1.82, 2.24) is 26.3 Å². The lowest BCUT2D eigenvalue weighted by molar-refractivity contribution is -0.144. The number of amides is 2. The molecule has 51 heavy (non-hydrogen) atoms. The Morgan fingerprint density at radius 1 is 0.706 bits per heavy atom. The van der Waals surface area contributed by atoms with Gasteiger partial charge in [0, 0.05) is 50.7 Å². The number of ketones is 1. The predicted octanol–water partition coefficient (Wildman–Crippen LogP) is 5.03. The molecule has 0 fully saturated rings. The van der Waals surface area contributed by atoms with Crippen LogP contribution in [0.5, 0.6) is 0 Å². The molecule has 0 saturated carbocycles. The minimum atomic E-state index is -1.06. The van der Waals surface area contributed by atoms with Crippen molar-refractivity contribution in [3.8, 4) is 0 Å². The van der Waals surface area contributed by atoms with Crippen LogP contribution in [0.2, 0.25) is 0 Å². The van der Waals surface area contributed by atoms with Crippen molar-refractivity contribution in [2.24, 2.45) is 5.92 Å². The maximum absolute atomic E-state index is 12.3. The van der Waals surface area contributed by atoms with E-state index in [0.29, 0.717) is 57.7 Å². The standard InChI is InChI=1S/C37H64N5O9/c38-32(26-31-27-39-29-42-31)33(43)25-30(37(48)49)17-15-16-20-40-35(45)28-51-24-23-50-22-21-41-34(44)18-13-11-9-7-5-3-1-2-4-6-8-10-12-14-19-36(46)47/h27,29-30,32,38H,1-26,28H2,(H,39,42)(H,40,45)(H,41,44)(H,46,47)(H,48,49)/t30-,32+/m1/s1. The number of aromatic amines is 1. The molecule has 0 aliphatic carbocycles. The fourth-order valence-electron chi connectivity index (χ4n) is 5.64. The fourth-order valence-corrected chi connectivity index (χ4v) is 5.64. The van der Waals surface area contributed by atoms with Crippen molar-refractivity contribution < 1.29 is 43.7 Å². The number of nitrogens with one attached hydrogen (secondary N) is 4. The lowest BCUT2D eigenvalue weighted by Gasteiger charge is -2.14. The highest BCUT2D eigenvalue weighted by Crippen LogP contribution is 2.16. The average molecular weight is 723 g/mol. The smallest absolute Gasteiger partial charge is 0.306 e. The molecule has 6 N–H and O–H groups in total. The third-order valence-electron chi connectivity index (χ3n) is 8.68. The highest BCUT2D eigenvalue weighted by atomic mass is 16.5. The molecule has 14 nitrogen and oxygen atoms in total. The highest BCUT2D eigenvalue weighted by molar-refractivity contribution is 5.87. The van der Waals surface area contributed by atoms with E-state index in [4.69, 9.17) is 20.3 Å². The Morgan fingerprint density at radius 3 is 1.84 bits per heavy atom. The van der Waals surface area contributed by atoms with Crippen molar-refractivity contribution in [3.63, 3.8) is 0 Å². The Hall–Kier alpha value is -3.36. The molecule has 0 aromatic carbocycles. The van der Waals surface area contributed by atoms with Gasteiger partial charge in [-0.05, 0) is 25.7 Å². The number of H-pyrrole nitrogens is 1. The minimum absolute atomic E-state index is 0.0307. The molecule has 2 amide bonds. The summed E-state index contributed by atoms with van der Waals surface area (Å²) in [5, 5.41) is 23.7. The summed E-state index contributed by atoms with van der Waals surface area (Å²) in [6.07, 6.45) is 21.2. The van der Waals surface area contributed by atoms with Gasteiger partial charge in [0.1, 0.15) is 6.61 Å². The average Bonchev–Trinajstić information content (AvgIpc) is 3.61. The topological polar surface area (TPSA) is 221 Å². The first-order valence-corrected chi connectivity index (χ1v) is 19.0. The number of imidazole rings is 1. The number of carbonyl (C=O) groups excluding carboxylic acids is 3. The second kappa shape index (κ2) is 31.4. The van der Waals surface area contributed by atoms with Gasteiger partial charge < -0.3 is 35.3 Å². The fraction of sp³-hybridized carbons (Fsp3) is 0.784. The van der Waals surface area contributed by atoms with Crippen LogP contribution in [0.4, 0.5) is 0 Å². The predicted molar refractivity (Wildman–Crippen MR) is 193 cm³/mol. The SMILES string of the molecule is [NH][C@@H](Cc1cnc[nH]1)C(=O)C[C@@H](CCCCNC(=O)COCCOCCNC(=O)CCCCCCCCCCCCCCCCC(=O)O)C(=O)O. The first-order valence-electron chi connectivity index (χ1n) is 19.0. The van der Waals surface area contributed by atoms with Gasteiger partial charge in [-0.2, -0.15) is 0 Å². The summed E-state index contributed by atoms with van der Waals surface area (Å²) >= 11 is 0. The number of aromatic nitrogens is 2. The molecule has 0 unspecified atom stereocenters. The van der Waals surface area contributed by atoms with E-state index in [-0.39, 0.29) is 44.3 Å². The summed E-state index contributed by atoms with van der Waals surface area (Å²) in [7, 11) is 0. The third kappa shape index (κ3) is 28.0. The molecule has 0 aliphatic rings. The van der Waals surface area contributed by atoms with Gasteiger partial charge in [0.15, 0.2) is 5.78 Å².